The molecule has 1 aromatic rings. The number of rotatable bonds is 4. The highest BCUT2D eigenvalue weighted by Crippen LogP contribution is 2.41. The highest BCUT2D eigenvalue weighted by atomic mass is 16.2. The molecule has 1 amide bonds. The summed E-state index contributed by atoms with van der Waals surface area (Å²) in [5.41, 5.74) is 2.91. The van der Waals surface area contributed by atoms with E-state index in [0.717, 1.165) is 25.2 Å². The van der Waals surface area contributed by atoms with Crippen LogP contribution in [0.2, 0.25) is 0 Å². The largest absolute Gasteiger partial charge is 0.336 e. The first kappa shape index (κ1) is 14.0. The Balaban J connectivity index is 1.37. The van der Waals surface area contributed by atoms with E-state index in [9.17, 15) is 4.79 Å². The number of benzene rings is 1. The van der Waals surface area contributed by atoms with E-state index in [1.54, 1.807) is 5.57 Å². The Kier molecular flexibility index (Phi) is 3.77. The Morgan fingerprint density at radius 2 is 1.73 bits per heavy atom. The summed E-state index contributed by atoms with van der Waals surface area (Å²) in [4.78, 5) is 14.9. The second-order valence-corrected chi connectivity index (χ2v) is 7.24. The van der Waals surface area contributed by atoms with Gasteiger partial charge in [0.05, 0.1) is 0 Å². The first-order valence-electron chi connectivity index (χ1n) is 8.84. The first-order chi connectivity index (χ1) is 10.8. The Morgan fingerprint density at radius 1 is 1.05 bits per heavy atom. The van der Waals surface area contributed by atoms with Crippen molar-refractivity contribution in [3.63, 3.8) is 0 Å². The lowest BCUT2D eigenvalue weighted by Gasteiger charge is -2.36. The second-order valence-electron chi connectivity index (χ2n) is 7.24. The van der Waals surface area contributed by atoms with Gasteiger partial charge in [-0.3, -0.25) is 4.79 Å². The van der Waals surface area contributed by atoms with E-state index in [1.807, 2.05) is 6.07 Å². The molecule has 2 aliphatic heterocycles. The van der Waals surface area contributed by atoms with Crippen LogP contribution in [0.3, 0.4) is 0 Å². The van der Waals surface area contributed by atoms with Gasteiger partial charge in [0.2, 0.25) is 5.91 Å². The van der Waals surface area contributed by atoms with E-state index in [4.69, 9.17) is 0 Å². The van der Waals surface area contributed by atoms with E-state index < -0.39 is 0 Å². The molecule has 1 aliphatic carbocycles. The van der Waals surface area contributed by atoms with Crippen LogP contribution in [0.25, 0.3) is 0 Å². The summed E-state index contributed by atoms with van der Waals surface area (Å²) in [6.45, 7) is 0. The number of nitrogens with zero attached hydrogens (tertiary/aromatic N) is 1. The van der Waals surface area contributed by atoms with Gasteiger partial charge in [-0.25, -0.2) is 0 Å². The van der Waals surface area contributed by atoms with Crippen molar-refractivity contribution in [2.45, 2.75) is 63.5 Å². The number of amides is 1. The minimum absolute atomic E-state index is 0.377. The maximum Gasteiger partial charge on any atom is 0.223 e. The standard InChI is InChI=1S/C20H25NO/c22-20(11-8-15-4-2-1-3-5-15)21-18-9-10-19(21)14-17(13-18)12-16-6-7-16/h1-5,12,16,18-19H,6-11,13-14H2. The average molecular weight is 295 g/mol. The molecular formula is C20H25NO. The Morgan fingerprint density at radius 3 is 2.36 bits per heavy atom. The first-order valence-corrected chi connectivity index (χ1v) is 8.84. The van der Waals surface area contributed by atoms with Crippen molar-refractivity contribution < 1.29 is 4.79 Å². The fraction of sp³-hybridized carbons (Fsp3) is 0.550. The minimum Gasteiger partial charge on any atom is -0.336 e. The molecule has 2 atom stereocenters. The van der Waals surface area contributed by atoms with Crippen LogP contribution in [0.4, 0.5) is 0 Å². The maximum atomic E-state index is 12.7. The minimum atomic E-state index is 0.377. The molecule has 2 bridgehead atoms. The van der Waals surface area contributed by atoms with Gasteiger partial charge in [-0.1, -0.05) is 42.0 Å². The quantitative estimate of drug-likeness (QED) is 0.766. The number of piperidine rings is 1. The summed E-state index contributed by atoms with van der Waals surface area (Å²) in [6, 6.07) is 11.4. The molecular weight excluding hydrogens is 270 g/mol. The zero-order valence-electron chi connectivity index (χ0n) is 13.2. The predicted molar refractivity (Wildman–Crippen MR) is 88.5 cm³/mol. The molecule has 22 heavy (non-hydrogen) atoms. The molecule has 2 heterocycles. The lowest BCUT2D eigenvalue weighted by molar-refractivity contribution is -0.134. The molecule has 1 saturated carbocycles. The molecule has 2 saturated heterocycles. The summed E-state index contributed by atoms with van der Waals surface area (Å²) in [6.07, 6.45) is 11.6. The zero-order chi connectivity index (χ0) is 14.9. The number of aryl methyl sites for hydroxylation is 1. The molecule has 4 rings (SSSR count). The predicted octanol–water partition coefficient (Wildman–Crippen LogP) is 4.11. The van der Waals surface area contributed by atoms with Gasteiger partial charge in [-0.05, 0) is 56.4 Å². The third-order valence-corrected chi connectivity index (χ3v) is 5.47. The Bertz CT molecular complexity index is 557. The monoisotopic (exact) mass is 295 g/mol. The van der Waals surface area contributed by atoms with Gasteiger partial charge < -0.3 is 4.90 Å². The van der Waals surface area contributed by atoms with Gasteiger partial charge in [0.15, 0.2) is 0 Å². The van der Waals surface area contributed by atoms with Crippen molar-refractivity contribution in [2.24, 2.45) is 5.92 Å². The Labute approximate surface area is 133 Å². The lowest BCUT2D eigenvalue weighted by Crippen LogP contribution is -2.44. The van der Waals surface area contributed by atoms with E-state index in [0.29, 0.717) is 24.4 Å². The van der Waals surface area contributed by atoms with Crippen LogP contribution in [0.1, 0.15) is 50.5 Å². The van der Waals surface area contributed by atoms with Crippen molar-refractivity contribution in [3.8, 4) is 0 Å². The highest BCUT2D eigenvalue weighted by Gasteiger charge is 2.41. The van der Waals surface area contributed by atoms with Gasteiger partial charge in [0, 0.05) is 18.5 Å². The van der Waals surface area contributed by atoms with Crippen molar-refractivity contribution in [2.75, 3.05) is 0 Å². The van der Waals surface area contributed by atoms with Gasteiger partial charge in [0.1, 0.15) is 0 Å². The van der Waals surface area contributed by atoms with E-state index in [2.05, 4.69) is 35.2 Å². The summed E-state index contributed by atoms with van der Waals surface area (Å²) >= 11 is 0. The summed E-state index contributed by atoms with van der Waals surface area (Å²) in [5, 5.41) is 0. The van der Waals surface area contributed by atoms with Crippen LogP contribution in [0.5, 0.6) is 0 Å². The third kappa shape index (κ3) is 2.97. The lowest BCUT2D eigenvalue weighted by atomic mass is 9.94. The number of carbonyl (C=O) groups is 1. The van der Waals surface area contributed by atoms with E-state index in [-0.39, 0.29) is 0 Å². The fourth-order valence-corrected chi connectivity index (χ4v) is 4.22. The smallest absolute Gasteiger partial charge is 0.223 e. The maximum absolute atomic E-state index is 12.7. The van der Waals surface area contributed by atoms with Crippen molar-refractivity contribution in [3.05, 3.63) is 47.5 Å². The molecule has 3 aliphatic rings. The van der Waals surface area contributed by atoms with Gasteiger partial charge in [-0.15, -0.1) is 0 Å². The molecule has 2 nitrogen and oxygen atoms in total. The molecule has 2 heteroatoms. The number of allylic oxidation sites excluding steroid dienone is 1. The second kappa shape index (κ2) is 5.91. The molecule has 1 aromatic carbocycles. The summed E-state index contributed by atoms with van der Waals surface area (Å²) < 4.78 is 0. The van der Waals surface area contributed by atoms with Crippen LogP contribution >= 0.6 is 0 Å². The molecule has 2 unspecified atom stereocenters. The van der Waals surface area contributed by atoms with Gasteiger partial charge in [0.25, 0.3) is 0 Å². The number of hydrogen-bond donors (Lipinski definition) is 0. The fourth-order valence-electron chi connectivity index (χ4n) is 4.22. The van der Waals surface area contributed by atoms with Crippen LogP contribution in [0.15, 0.2) is 42.0 Å². The number of hydrogen-bond acceptors (Lipinski definition) is 1. The normalized spacial score (nSPS) is 27.1. The topological polar surface area (TPSA) is 20.3 Å². The molecule has 0 N–H and O–H groups in total. The molecule has 0 radical (unpaired) electrons. The Hall–Kier alpha value is -1.57. The molecule has 3 fully saturated rings. The third-order valence-electron chi connectivity index (χ3n) is 5.47. The highest BCUT2D eigenvalue weighted by molar-refractivity contribution is 5.78. The van der Waals surface area contributed by atoms with Crippen molar-refractivity contribution in [1.82, 2.24) is 4.90 Å². The zero-order valence-corrected chi connectivity index (χ0v) is 13.2. The molecule has 0 aromatic heterocycles. The SMILES string of the molecule is O=C(CCc1ccccc1)N1C2CCC1CC(=CC1CC1)C2. The van der Waals surface area contributed by atoms with Crippen molar-refractivity contribution in [1.29, 1.82) is 0 Å². The van der Waals surface area contributed by atoms with Crippen LogP contribution in [-0.4, -0.2) is 22.9 Å². The van der Waals surface area contributed by atoms with Crippen LogP contribution in [-0.2, 0) is 11.2 Å². The number of fused-ring (bicyclic) bond motifs is 2. The number of carbonyl (C=O) groups excluding carboxylic acids is 1. The van der Waals surface area contributed by atoms with Crippen LogP contribution in [0, 0.1) is 5.92 Å². The van der Waals surface area contributed by atoms with E-state index >= 15 is 0 Å². The van der Waals surface area contributed by atoms with Crippen molar-refractivity contribution >= 4 is 5.91 Å². The van der Waals surface area contributed by atoms with E-state index in [1.165, 1.54) is 31.2 Å². The molecule has 116 valence electrons. The summed E-state index contributed by atoms with van der Waals surface area (Å²) in [5.74, 6) is 1.25. The van der Waals surface area contributed by atoms with Crippen LogP contribution < -0.4 is 0 Å². The van der Waals surface area contributed by atoms with Gasteiger partial charge in [-0.2, -0.15) is 0 Å². The molecule has 0 spiro atoms. The van der Waals surface area contributed by atoms with Gasteiger partial charge >= 0.3 is 0 Å². The average Bonchev–Trinajstić information content (AvgIpc) is 3.30. The summed E-state index contributed by atoms with van der Waals surface area (Å²) in [7, 11) is 0.